The lowest BCUT2D eigenvalue weighted by atomic mass is 10.1. The fourth-order valence-electron chi connectivity index (χ4n) is 1.61. The summed E-state index contributed by atoms with van der Waals surface area (Å²) in [5.41, 5.74) is 1.24. The normalized spacial score (nSPS) is 13.0. The van der Waals surface area contributed by atoms with E-state index in [-0.39, 0.29) is 11.5 Å². The highest BCUT2D eigenvalue weighted by Gasteiger charge is 2.20. The van der Waals surface area contributed by atoms with Crippen LogP contribution in [0.5, 0.6) is 0 Å². The van der Waals surface area contributed by atoms with Gasteiger partial charge in [-0.15, -0.1) is 0 Å². The molecule has 0 spiro atoms. The van der Waals surface area contributed by atoms with Crippen LogP contribution in [0.4, 0.5) is 0 Å². The zero-order valence-corrected chi connectivity index (χ0v) is 13.6. The third-order valence-corrected chi connectivity index (χ3v) is 2.87. The number of hydrogen-bond acceptors (Lipinski definition) is 5. The molecular weight excluding hydrogens is 308 g/mol. The predicted molar refractivity (Wildman–Crippen MR) is 90.7 cm³/mol. The highest BCUT2D eigenvalue weighted by molar-refractivity contribution is 6.11. The molecule has 0 bridgehead atoms. The monoisotopic (exact) mass is 328 g/mol. The molecule has 0 N–H and O–H groups in total. The summed E-state index contributed by atoms with van der Waals surface area (Å²) in [4.78, 5) is 32.1. The quantitative estimate of drug-likeness (QED) is 0.347. The lowest BCUT2D eigenvalue weighted by molar-refractivity contribution is -0.150. The van der Waals surface area contributed by atoms with E-state index in [0.29, 0.717) is 6.61 Å². The van der Waals surface area contributed by atoms with Gasteiger partial charge in [-0.05, 0) is 18.1 Å². The largest absolute Gasteiger partial charge is 0.463 e. The van der Waals surface area contributed by atoms with Gasteiger partial charge in [-0.25, -0.2) is 14.4 Å². The molecule has 5 heteroatoms. The molecule has 0 unspecified atom stereocenters. The van der Waals surface area contributed by atoms with Crippen LogP contribution in [0, 0.1) is 0 Å². The molecule has 0 saturated heterocycles. The van der Waals surface area contributed by atoms with Gasteiger partial charge in [0, 0.05) is 12.2 Å². The Balaban J connectivity index is 0.000000277. The van der Waals surface area contributed by atoms with E-state index in [1.165, 1.54) is 12.2 Å². The van der Waals surface area contributed by atoms with Crippen LogP contribution in [0.2, 0.25) is 0 Å². The summed E-state index contributed by atoms with van der Waals surface area (Å²) in [6.45, 7) is 5.82. The molecule has 2 rings (SSSR count). The third-order valence-electron chi connectivity index (χ3n) is 2.87. The average Bonchev–Trinajstić information content (AvgIpc) is 2.92. The van der Waals surface area contributed by atoms with Crippen LogP contribution in [0.25, 0.3) is 6.08 Å². The van der Waals surface area contributed by atoms with Crippen LogP contribution >= 0.6 is 0 Å². The Morgan fingerprint density at radius 3 is 2.46 bits per heavy atom. The molecule has 1 aromatic carbocycles. The van der Waals surface area contributed by atoms with Crippen LogP contribution in [0.15, 0.2) is 60.7 Å². The van der Waals surface area contributed by atoms with E-state index < -0.39 is 11.9 Å². The SMILES string of the molecule is C=CC(=O)OCCCC.O=C1C=C(C=Cc2ccccc2)C(=O)O1. The summed E-state index contributed by atoms with van der Waals surface area (Å²) in [6.07, 6.45) is 7.66. The van der Waals surface area contributed by atoms with Crippen molar-refractivity contribution in [1.29, 1.82) is 0 Å². The first kappa shape index (κ1) is 19.1. The smallest absolute Gasteiger partial charge is 0.346 e. The molecule has 0 radical (unpaired) electrons. The third kappa shape index (κ3) is 7.35. The molecule has 0 aromatic heterocycles. The fourth-order valence-corrected chi connectivity index (χ4v) is 1.61. The summed E-state index contributed by atoms with van der Waals surface area (Å²) >= 11 is 0. The van der Waals surface area contributed by atoms with E-state index in [1.54, 1.807) is 12.2 Å². The Bertz CT molecular complexity index is 641. The highest BCUT2D eigenvalue weighted by atomic mass is 16.6. The van der Waals surface area contributed by atoms with Crippen molar-refractivity contribution < 1.29 is 23.9 Å². The van der Waals surface area contributed by atoms with Crippen LogP contribution < -0.4 is 0 Å². The number of carbonyl (C=O) groups is 3. The second-order valence-corrected chi connectivity index (χ2v) is 4.78. The van der Waals surface area contributed by atoms with Crippen LogP contribution in [-0.4, -0.2) is 24.5 Å². The first-order valence-electron chi connectivity index (χ1n) is 7.57. The Morgan fingerprint density at radius 1 is 1.21 bits per heavy atom. The summed E-state index contributed by atoms with van der Waals surface area (Å²) in [5.74, 6) is -1.52. The van der Waals surface area contributed by atoms with E-state index in [9.17, 15) is 14.4 Å². The topological polar surface area (TPSA) is 69.7 Å². The first-order chi connectivity index (χ1) is 11.6. The molecule has 1 aromatic rings. The maximum Gasteiger partial charge on any atom is 0.346 e. The van der Waals surface area contributed by atoms with Crippen molar-refractivity contribution in [2.24, 2.45) is 0 Å². The number of ether oxygens (including phenoxy) is 2. The van der Waals surface area contributed by atoms with E-state index in [0.717, 1.165) is 18.4 Å². The molecule has 0 saturated carbocycles. The number of unbranched alkanes of at least 4 members (excludes halogenated alkanes) is 1. The Morgan fingerprint density at radius 2 is 1.92 bits per heavy atom. The predicted octanol–water partition coefficient (Wildman–Crippen LogP) is 3.23. The van der Waals surface area contributed by atoms with Crippen molar-refractivity contribution in [3.8, 4) is 0 Å². The number of benzene rings is 1. The van der Waals surface area contributed by atoms with Gasteiger partial charge in [-0.3, -0.25) is 0 Å². The van der Waals surface area contributed by atoms with E-state index >= 15 is 0 Å². The number of hydrogen-bond donors (Lipinski definition) is 0. The minimum absolute atomic E-state index is 0.281. The summed E-state index contributed by atoms with van der Waals surface area (Å²) in [7, 11) is 0. The summed E-state index contributed by atoms with van der Waals surface area (Å²) < 4.78 is 9.02. The first-order valence-corrected chi connectivity index (χ1v) is 7.57. The average molecular weight is 328 g/mol. The van der Waals surface area contributed by atoms with E-state index in [2.05, 4.69) is 16.1 Å². The molecule has 0 amide bonds. The van der Waals surface area contributed by atoms with Crippen molar-refractivity contribution in [2.45, 2.75) is 19.8 Å². The standard InChI is InChI=1S/C12H8O3.C7H12O2/c13-11-8-10(12(14)15-11)7-6-9-4-2-1-3-5-9;1-3-5-6-9-7(8)4-2/h1-8H;4H,2-3,5-6H2,1H3. The molecular formula is C19H20O5. The van der Waals surface area contributed by atoms with Crippen LogP contribution in [-0.2, 0) is 23.9 Å². The van der Waals surface area contributed by atoms with Crippen molar-refractivity contribution in [1.82, 2.24) is 0 Å². The molecule has 0 fully saturated rings. The van der Waals surface area contributed by atoms with E-state index in [4.69, 9.17) is 0 Å². The van der Waals surface area contributed by atoms with E-state index in [1.807, 2.05) is 37.3 Å². The highest BCUT2D eigenvalue weighted by Crippen LogP contribution is 2.11. The van der Waals surface area contributed by atoms with Crippen LogP contribution in [0.1, 0.15) is 25.3 Å². The van der Waals surface area contributed by atoms with Gasteiger partial charge in [0.15, 0.2) is 0 Å². The summed E-state index contributed by atoms with van der Waals surface area (Å²) in [6, 6.07) is 9.50. The van der Waals surface area contributed by atoms with Gasteiger partial charge in [0.25, 0.3) is 0 Å². The van der Waals surface area contributed by atoms with Gasteiger partial charge in [0.2, 0.25) is 0 Å². The summed E-state index contributed by atoms with van der Waals surface area (Å²) in [5, 5.41) is 0. The molecule has 0 atom stereocenters. The van der Waals surface area contributed by atoms with Gasteiger partial charge in [0.05, 0.1) is 12.2 Å². The lowest BCUT2D eigenvalue weighted by Crippen LogP contribution is -2.00. The zero-order valence-electron chi connectivity index (χ0n) is 13.6. The minimum atomic E-state index is -0.604. The number of carbonyl (C=O) groups excluding carboxylic acids is 3. The molecule has 126 valence electrons. The van der Waals surface area contributed by atoms with Crippen molar-refractivity contribution in [2.75, 3.05) is 6.61 Å². The van der Waals surface area contributed by atoms with Gasteiger partial charge in [-0.2, -0.15) is 0 Å². The second kappa shape index (κ2) is 10.7. The Labute approximate surface area is 141 Å². The van der Waals surface area contributed by atoms with Crippen LogP contribution in [0.3, 0.4) is 0 Å². The Hall–Kier alpha value is -2.95. The zero-order chi connectivity index (χ0) is 17.8. The number of esters is 3. The fraction of sp³-hybridized carbons (Fsp3) is 0.211. The molecule has 1 aliphatic rings. The maximum atomic E-state index is 11.0. The second-order valence-electron chi connectivity index (χ2n) is 4.78. The molecule has 1 heterocycles. The number of rotatable bonds is 6. The maximum absolute atomic E-state index is 11.0. The minimum Gasteiger partial charge on any atom is -0.463 e. The van der Waals surface area contributed by atoms with Crippen molar-refractivity contribution in [3.05, 3.63) is 66.3 Å². The van der Waals surface area contributed by atoms with Crippen molar-refractivity contribution in [3.63, 3.8) is 0 Å². The van der Waals surface area contributed by atoms with Gasteiger partial charge >= 0.3 is 17.9 Å². The molecule has 1 aliphatic heterocycles. The Kier molecular flexibility index (Phi) is 8.53. The van der Waals surface area contributed by atoms with Gasteiger partial charge in [-0.1, -0.05) is 56.3 Å². The molecule has 0 aliphatic carbocycles. The molecule has 5 nitrogen and oxygen atoms in total. The number of cyclic esters (lactones) is 2. The van der Waals surface area contributed by atoms with Gasteiger partial charge < -0.3 is 9.47 Å². The molecule has 24 heavy (non-hydrogen) atoms. The van der Waals surface area contributed by atoms with Gasteiger partial charge in [0.1, 0.15) is 0 Å². The van der Waals surface area contributed by atoms with Crippen molar-refractivity contribution >= 4 is 24.0 Å². The lowest BCUT2D eigenvalue weighted by Gasteiger charge is -1.97.